The molecule has 2 aromatic carbocycles. The van der Waals surface area contributed by atoms with E-state index in [1.807, 2.05) is 6.07 Å². The molecule has 1 saturated heterocycles. The number of nitrogens with zero attached hydrogens (tertiary/aromatic N) is 1. The first-order valence-electron chi connectivity index (χ1n) is 7.68. The van der Waals surface area contributed by atoms with Crippen molar-refractivity contribution in [3.05, 3.63) is 71.5 Å². The predicted molar refractivity (Wildman–Crippen MR) is 84.7 cm³/mol. The van der Waals surface area contributed by atoms with E-state index < -0.39 is 0 Å². The van der Waals surface area contributed by atoms with E-state index in [9.17, 15) is 4.39 Å². The minimum absolute atomic E-state index is 0.106. The summed E-state index contributed by atoms with van der Waals surface area (Å²) in [4.78, 5) is 2.50. The quantitative estimate of drug-likeness (QED) is 0.808. The van der Waals surface area contributed by atoms with Crippen molar-refractivity contribution >= 4 is 0 Å². The molecule has 0 saturated carbocycles. The lowest BCUT2D eigenvalue weighted by Gasteiger charge is -2.40. The molecule has 2 heteroatoms. The van der Waals surface area contributed by atoms with E-state index in [-0.39, 0.29) is 11.2 Å². The minimum Gasteiger partial charge on any atom is -0.299 e. The Morgan fingerprint density at radius 1 is 1.00 bits per heavy atom. The van der Waals surface area contributed by atoms with E-state index >= 15 is 0 Å². The summed E-state index contributed by atoms with van der Waals surface area (Å²) < 4.78 is 13.4. The fourth-order valence-electron chi connectivity index (χ4n) is 3.20. The summed E-state index contributed by atoms with van der Waals surface area (Å²) in [5.74, 6) is -0.125. The van der Waals surface area contributed by atoms with Crippen LogP contribution in [-0.2, 0) is 12.0 Å². The highest BCUT2D eigenvalue weighted by Crippen LogP contribution is 2.35. The fraction of sp³-hybridized carbons (Fsp3) is 0.368. The minimum atomic E-state index is -0.125. The van der Waals surface area contributed by atoms with Gasteiger partial charge in [0.1, 0.15) is 5.82 Å². The Hall–Kier alpha value is -1.67. The van der Waals surface area contributed by atoms with E-state index in [0.29, 0.717) is 0 Å². The van der Waals surface area contributed by atoms with E-state index in [1.165, 1.54) is 11.6 Å². The van der Waals surface area contributed by atoms with Crippen LogP contribution in [0.1, 0.15) is 30.9 Å². The van der Waals surface area contributed by atoms with Gasteiger partial charge in [-0.05, 0) is 54.6 Å². The Labute approximate surface area is 126 Å². The molecule has 3 rings (SSSR count). The molecule has 0 spiro atoms. The van der Waals surface area contributed by atoms with Crippen molar-refractivity contribution in [3.63, 3.8) is 0 Å². The third kappa shape index (κ3) is 3.33. The molecule has 1 heterocycles. The normalized spacial score (nSPS) is 18.6. The van der Waals surface area contributed by atoms with Gasteiger partial charge in [0.15, 0.2) is 0 Å². The maximum atomic E-state index is 13.4. The topological polar surface area (TPSA) is 3.24 Å². The van der Waals surface area contributed by atoms with Crippen LogP contribution in [0.2, 0.25) is 0 Å². The van der Waals surface area contributed by atoms with Gasteiger partial charge in [0.25, 0.3) is 0 Å². The van der Waals surface area contributed by atoms with Crippen LogP contribution in [0.5, 0.6) is 0 Å². The summed E-state index contributed by atoms with van der Waals surface area (Å²) in [7, 11) is 0. The fourth-order valence-corrected chi connectivity index (χ4v) is 3.20. The summed E-state index contributed by atoms with van der Waals surface area (Å²) in [5.41, 5.74) is 2.61. The van der Waals surface area contributed by atoms with E-state index in [2.05, 4.69) is 48.2 Å². The maximum Gasteiger partial charge on any atom is 0.123 e. The highest BCUT2D eigenvalue weighted by molar-refractivity contribution is 5.26. The lowest BCUT2D eigenvalue weighted by atomic mass is 9.74. The zero-order valence-corrected chi connectivity index (χ0v) is 12.6. The second-order valence-electron chi connectivity index (χ2n) is 6.33. The lowest BCUT2D eigenvalue weighted by molar-refractivity contribution is 0.162. The van der Waals surface area contributed by atoms with Crippen molar-refractivity contribution in [1.82, 2.24) is 4.90 Å². The van der Waals surface area contributed by atoms with Gasteiger partial charge in [-0.15, -0.1) is 0 Å². The van der Waals surface area contributed by atoms with Crippen molar-refractivity contribution in [1.29, 1.82) is 0 Å². The largest absolute Gasteiger partial charge is 0.299 e. The molecule has 21 heavy (non-hydrogen) atoms. The number of hydrogen-bond acceptors (Lipinski definition) is 1. The Bertz CT molecular complexity index is 586. The van der Waals surface area contributed by atoms with Crippen molar-refractivity contribution in [2.24, 2.45) is 0 Å². The van der Waals surface area contributed by atoms with Gasteiger partial charge >= 0.3 is 0 Å². The summed E-state index contributed by atoms with van der Waals surface area (Å²) in [6, 6.07) is 17.7. The van der Waals surface area contributed by atoms with Crippen LogP contribution in [0.15, 0.2) is 54.6 Å². The van der Waals surface area contributed by atoms with Gasteiger partial charge in [-0.3, -0.25) is 4.90 Å². The standard InChI is InChI=1S/C19H22FN/c1-19(17-8-5-9-18(20)14-17)10-12-21(13-11-19)15-16-6-3-2-4-7-16/h2-9,14H,10-13,15H2,1H3. The molecule has 0 atom stereocenters. The number of hydrogen-bond donors (Lipinski definition) is 0. The number of benzene rings is 2. The van der Waals surface area contributed by atoms with Crippen molar-refractivity contribution in [3.8, 4) is 0 Å². The van der Waals surface area contributed by atoms with Gasteiger partial charge in [0.05, 0.1) is 0 Å². The zero-order chi connectivity index (χ0) is 14.7. The Balaban J connectivity index is 1.64. The molecule has 0 N–H and O–H groups in total. The molecule has 0 aliphatic carbocycles. The summed E-state index contributed by atoms with van der Waals surface area (Å²) in [6.07, 6.45) is 2.17. The molecule has 1 aliphatic heterocycles. The highest BCUT2D eigenvalue weighted by Gasteiger charge is 2.31. The van der Waals surface area contributed by atoms with Crippen LogP contribution in [0, 0.1) is 5.82 Å². The average molecular weight is 283 g/mol. The first-order chi connectivity index (χ1) is 10.2. The van der Waals surface area contributed by atoms with E-state index in [0.717, 1.165) is 38.0 Å². The molecule has 2 aromatic rings. The second-order valence-corrected chi connectivity index (χ2v) is 6.33. The van der Waals surface area contributed by atoms with Crippen molar-refractivity contribution in [2.45, 2.75) is 31.7 Å². The van der Waals surface area contributed by atoms with Gasteiger partial charge in [0.2, 0.25) is 0 Å². The van der Waals surface area contributed by atoms with Crippen LogP contribution in [0.25, 0.3) is 0 Å². The van der Waals surface area contributed by atoms with Crippen LogP contribution in [0.3, 0.4) is 0 Å². The number of piperidine rings is 1. The molecule has 0 aromatic heterocycles. The molecule has 0 radical (unpaired) electrons. The predicted octanol–water partition coefficient (Wildman–Crippen LogP) is 4.38. The van der Waals surface area contributed by atoms with Crippen molar-refractivity contribution in [2.75, 3.05) is 13.1 Å². The molecule has 110 valence electrons. The summed E-state index contributed by atoms with van der Waals surface area (Å²) in [5, 5.41) is 0. The average Bonchev–Trinajstić information content (AvgIpc) is 2.51. The van der Waals surface area contributed by atoms with Gasteiger partial charge in [-0.1, -0.05) is 49.4 Å². The molecular weight excluding hydrogens is 261 g/mol. The second kappa shape index (κ2) is 5.98. The van der Waals surface area contributed by atoms with Gasteiger partial charge in [0, 0.05) is 6.54 Å². The Morgan fingerprint density at radius 3 is 2.38 bits per heavy atom. The SMILES string of the molecule is CC1(c2cccc(F)c2)CCN(Cc2ccccc2)CC1. The van der Waals surface area contributed by atoms with Crippen LogP contribution < -0.4 is 0 Å². The highest BCUT2D eigenvalue weighted by atomic mass is 19.1. The lowest BCUT2D eigenvalue weighted by Crippen LogP contribution is -2.40. The van der Waals surface area contributed by atoms with Crippen LogP contribution in [-0.4, -0.2) is 18.0 Å². The number of likely N-dealkylation sites (tertiary alicyclic amines) is 1. The molecule has 0 amide bonds. The van der Waals surface area contributed by atoms with Gasteiger partial charge < -0.3 is 0 Å². The monoisotopic (exact) mass is 283 g/mol. The molecule has 1 aliphatic rings. The molecule has 0 bridgehead atoms. The van der Waals surface area contributed by atoms with Crippen LogP contribution in [0.4, 0.5) is 4.39 Å². The Kier molecular flexibility index (Phi) is 4.07. The molecule has 1 fully saturated rings. The first kappa shape index (κ1) is 14.3. The molecular formula is C19H22FN. The maximum absolute atomic E-state index is 13.4. The number of rotatable bonds is 3. The zero-order valence-electron chi connectivity index (χ0n) is 12.6. The smallest absolute Gasteiger partial charge is 0.123 e. The third-order valence-corrected chi connectivity index (χ3v) is 4.73. The summed E-state index contributed by atoms with van der Waals surface area (Å²) in [6.45, 7) is 5.42. The Morgan fingerprint density at radius 2 is 1.71 bits per heavy atom. The molecule has 1 nitrogen and oxygen atoms in total. The van der Waals surface area contributed by atoms with E-state index in [4.69, 9.17) is 0 Å². The van der Waals surface area contributed by atoms with Crippen molar-refractivity contribution < 1.29 is 4.39 Å². The summed E-state index contributed by atoms with van der Waals surface area (Å²) >= 11 is 0. The molecule has 0 unspecified atom stereocenters. The van der Waals surface area contributed by atoms with E-state index in [1.54, 1.807) is 6.07 Å². The van der Waals surface area contributed by atoms with Gasteiger partial charge in [-0.25, -0.2) is 4.39 Å². The van der Waals surface area contributed by atoms with Gasteiger partial charge in [-0.2, -0.15) is 0 Å². The first-order valence-corrected chi connectivity index (χ1v) is 7.68. The number of halogens is 1. The van der Waals surface area contributed by atoms with Crippen LogP contribution >= 0.6 is 0 Å². The third-order valence-electron chi connectivity index (χ3n) is 4.73.